The maximum Gasteiger partial charge on any atom is 1.00 e. The van der Waals surface area contributed by atoms with Crippen LogP contribution in [0.2, 0.25) is 0 Å². The van der Waals surface area contributed by atoms with Crippen LogP contribution in [0, 0.1) is 5.82 Å². The largest absolute Gasteiger partial charge is 1.00 e. The molecule has 20 heteroatoms. The zero-order valence-electron chi connectivity index (χ0n) is 26.4. The quantitative estimate of drug-likeness (QED) is 0.0946. The topological polar surface area (TPSA) is 184 Å². The third-order valence-electron chi connectivity index (χ3n) is 8.03. The molecule has 49 heavy (non-hydrogen) atoms. The molecule has 248 valence electrons. The van der Waals surface area contributed by atoms with Gasteiger partial charge >= 0.3 is 59.1 Å². The molecular formula is C29H26FN5Na2O9S3. The number of hydrogen-bond donors (Lipinski definition) is 1. The molecule has 2 amide bonds. The molecule has 14 nitrogen and oxygen atoms in total. The van der Waals surface area contributed by atoms with E-state index in [-0.39, 0.29) is 111 Å². The second-order valence-electron chi connectivity index (χ2n) is 11.1. The van der Waals surface area contributed by atoms with Crippen molar-refractivity contribution in [3.8, 4) is 5.75 Å². The summed E-state index contributed by atoms with van der Waals surface area (Å²) < 4.78 is 58.3. The van der Waals surface area contributed by atoms with Crippen LogP contribution >= 0.6 is 24.0 Å². The van der Waals surface area contributed by atoms with Crippen molar-refractivity contribution in [2.24, 2.45) is 0 Å². The average molecular weight is 750 g/mol. The van der Waals surface area contributed by atoms with Crippen LogP contribution in [0.25, 0.3) is 10.9 Å². The van der Waals surface area contributed by atoms with Gasteiger partial charge in [-0.3, -0.25) is 14.4 Å². The van der Waals surface area contributed by atoms with Gasteiger partial charge in [0.2, 0.25) is 0 Å². The third kappa shape index (κ3) is 8.45. The van der Waals surface area contributed by atoms with Crippen LogP contribution in [-0.2, 0) is 19.9 Å². The Kier molecular flexibility index (Phi) is 12.9. The van der Waals surface area contributed by atoms with Crippen LogP contribution in [0.1, 0.15) is 29.2 Å². The number of thiocarbonyl (C=S) groups is 1. The minimum Gasteiger partial charge on any atom is -0.731 e. The number of carbonyl (C=O) groups is 3. The van der Waals surface area contributed by atoms with Crippen molar-refractivity contribution in [2.75, 3.05) is 37.7 Å². The summed E-state index contributed by atoms with van der Waals surface area (Å²) in [5.74, 6) is -3.74. The van der Waals surface area contributed by atoms with Crippen LogP contribution < -0.4 is 84.6 Å². The number of aromatic carboxylic acids is 1. The van der Waals surface area contributed by atoms with Gasteiger partial charge in [0.15, 0.2) is 22.3 Å². The van der Waals surface area contributed by atoms with Crippen molar-refractivity contribution in [1.29, 1.82) is 0 Å². The summed E-state index contributed by atoms with van der Waals surface area (Å²) in [6.45, 7) is 0.585. The van der Waals surface area contributed by atoms with Gasteiger partial charge in [0.05, 0.1) is 22.7 Å². The number of nitrogens with one attached hydrogen (secondary N) is 1. The van der Waals surface area contributed by atoms with Crippen molar-refractivity contribution in [1.82, 2.24) is 19.1 Å². The fourth-order valence-corrected chi connectivity index (χ4v) is 8.21. The van der Waals surface area contributed by atoms with Crippen molar-refractivity contribution in [3.05, 3.63) is 70.3 Å². The number of piperazine rings is 1. The Morgan fingerprint density at radius 2 is 1.71 bits per heavy atom. The predicted molar refractivity (Wildman–Crippen MR) is 169 cm³/mol. The van der Waals surface area contributed by atoms with E-state index in [1.807, 2.05) is 0 Å². The number of nitrogens with zero attached hydrogens (tertiary/aromatic N) is 4. The molecule has 1 N–H and O–H groups in total. The standard InChI is InChI=1S/C29H28FN5O9S3.2Na/c30-20-12-18-21(34(16-6-7-16)14-19(25(18)37)28(39)40)13-22(20)32-8-10-33(11-9-32)29(45)46-27-24(26(38)35(27)47(41,42)43)31-23(36)15-44-17-4-2-1-3-5-17;;/h1-5,12-14,16,24,27H,6-11,15H2,(H,31,36)(H,39,40)(H,41,42,43);;/q;2*+1/p-2. The van der Waals surface area contributed by atoms with Gasteiger partial charge in [-0.1, -0.05) is 42.2 Å². The number of carboxylic acids is 1. The van der Waals surface area contributed by atoms with Gasteiger partial charge in [0.1, 0.15) is 27.3 Å². The normalized spacial score (nSPS) is 19.0. The summed E-state index contributed by atoms with van der Waals surface area (Å²) in [4.78, 5) is 52.8. The molecule has 0 spiro atoms. The Balaban J connectivity index is 0.00000270. The molecule has 3 aromatic rings. The van der Waals surface area contributed by atoms with E-state index >= 15 is 4.39 Å². The number of β-lactam (4-membered cyclic amide) rings is 1. The van der Waals surface area contributed by atoms with Crippen molar-refractivity contribution >= 4 is 73.0 Å². The Bertz CT molecular complexity index is 1960. The molecule has 2 aromatic carbocycles. The van der Waals surface area contributed by atoms with Crippen LogP contribution in [0.4, 0.5) is 10.1 Å². The molecule has 6 rings (SSSR count). The summed E-state index contributed by atoms with van der Waals surface area (Å²) in [7, 11) is -5.21. The molecule has 3 fully saturated rings. The molecule has 0 bridgehead atoms. The molecule has 2 aliphatic heterocycles. The van der Waals surface area contributed by atoms with Crippen LogP contribution in [0.15, 0.2) is 53.5 Å². The minimum atomic E-state index is -5.21. The predicted octanol–water partition coefficient (Wildman–Crippen LogP) is -5.82. The zero-order valence-corrected chi connectivity index (χ0v) is 32.8. The molecule has 0 radical (unpaired) electrons. The number of carbonyl (C=O) groups excluding carboxylic acids is 3. The van der Waals surface area contributed by atoms with Gasteiger partial charge in [-0.05, 0) is 37.1 Å². The first-order chi connectivity index (χ1) is 22.3. The Hall–Kier alpha value is -2.26. The van der Waals surface area contributed by atoms with Gasteiger partial charge in [-0.15, -0.1) is 0 Å². The number of anilines is 1. The van der Waals surface area contributed by atoms with E-state index in [1.165, 1.54) is 12.3 Å². The van der Waals surface area contributed by atoms with E-state index < -0.39 is 62.9 Å². The molecule has 2 unspecified atom stereocenters. The van der Waals surface area contributed by atoms with Crippen molar-refractivity contribution in [2.45, 2.75) is 30.3 Å². The average Bonchev–Trinajstić information content (AvgIpc) is 3.88. The zero-order chi connectivity index (χ0) is 33.6. The summed E-state index contributed by atoms with van der Waals surface area (Å²) in [5, 5.41) is 12.6. The van der Waals surface area contributed by atoms with Crippen LogP contribution in [0.5, 0.6) is 5.75 Å². The van der Waals surface area contributed by atoms with Gasteiger partial charge < -0.3 is 38.9 Å². The van der Waals surface area contributed by atoms with Crippen molar-refractivity contribution in [3.63, 3.8) is 0 Å². The number of halogens is 1. The number of thioether (sulfide) groups is 1. The third-order valence-corrected chi connectivity index (χ3v) is 10.8. The Labute approximate surface area is 333 Å². The second-order valence-corrected chi connectivity index (χ2v) is 14.1. The van der Waals surface area contributed by atoms with E-state index in [1.54, 1.807) is 44.7 Å². The maximum atomic E-state index is 15.4. The number of fused-ring (bicyclic) bond motifs is 1. The summed E-state index contributed by atoms with van der Waals surface area (Å²) in [6, 6.07) is 9.62. The van der Waals surface area contributed by atoms with Gasteiger partial charge in [0, 0.05) is 43.8 Å². The second kappa shape index (κ2) is 16.0. The first-order valence-electron chi connectivity index (χ1n) is 14.4. The molecule has 2 atom stereocenters. The number of ether oxygens (including phenoxy) is 1. The number of benzene rings is 2. The van der Waals surface area contributed by atoms with E-state index in [9.17, 15) is 37.3 Å². The van der Waals surface area contributed by atoms with E-state index in [0.29, 0.717) is 11.3 Å². The fourth-order valence-electron chi connectivity index (χ4n) is 5.51. The Morgan fingerprint density at radius 3 is 2.31 bits per heavy atom. The number of hydrogen-bond acceptors (Lipinski definition) is 12. The first-order valence-corrected chi connectivity index (χ1v) is 17.1. The fraction of sp³-hybridized carbons (Fsp3) is 0.345. The summed E-state index contributed by atoms with van der Waals surface area (Å²) in [6.07, 6.45) is 2.82. The van der Waals surface area contributed by atoms with E-state index in [4.69, 9.17) is 17.0 Å². The van der Waals surface area contributed by atoms with Gasteiger partial charge in [-0.25, -0.2) is 17.1 Å². The van der Waals surface area contributed by atoms with Gasteiger partial charge in [-0.2, -0.15) is 0 Å². The molecule has 1 aliphatic carbocycles. The van der Waals surface area contributed by atoms with E-state index in [0.717, 1.165) is 30.7 Å². The van der Waals surface area contributed by atoms with Crippen molar-refractivity contribution < 1.29 is 101 Å². The SMILES string of the molecule is O=C(COc1ccccc1)NC1C(=O)N(S(=O)(=O)[O-])C1SC(=S)N1CCN(c2cc3c(cc2F)c(=O)c(C(=O)[O-])cn3C2CC2)CC1.[Na+].[Na+]. The van der Waals surface area contributed by atoms with E-state index in [2.05, 4.69) is 5.32 Å². The monoisotopic (exact) mass is 749 g/mol. The molecule has 1 saturated carbocycles. The number of pyridine rings is 1. The summed E-state index contributed by atoms with van der Waals surface area (Å²) >= 11 is 6.28. The number of aromatic nitrogens is 1. The minimum absolute atomic E-state index is 0. The number of amides is 2. The molecule has 1 aromatic heterocycles. The van der Waals surface area contributed by atoms with Crippen LogP contribution in [-0.4, -0.2) is 93.0 Å². The van der Waals surface area contributed by atoms with Gasteiger partial charge in [0.25, 0.3) is 11.8 Å². The molecule has 2 saturated heterocycles. The van der Waals surface area contributed by atoms with Crippen LogP contribution in [0.3, 0.4) is 0 Å². The number of para-hydroxylation sites is 1. The smallest absolute Gasteiger partial charge is 0.731 e. The molecular weight excluding hydrogens is 724 g/mol. The molecule has 3 aliphatic rings. The first kappa shape index (κ1) is 39.5. The Morgan fingerprint density at radius 1 is 1.06 bits per heavy atom. The maximum absolute atomic E-state index is 15.4. The molecule has 3 heterocycles. The number of carboxylic acid groups (broad SMARTS) is 1. The summed E-state index contributed by atoms with van der Waals surface area (Å²) in [5.41, 5.74) is -0.742. The number of rotatable bonds is 9.